The minimum absolute atomic E-state index is 0.00120. The van der Waals surface area contributed by atoms with E-state index in [1.54, 1.807) is 10.7 Å². The fourth-order valence-electron chi connectivity index (χ4n) is 1.98. The first kappa shape index (κ1) is 11.7. The molecule has 0 spiro atoms. The van der Waals surface area contributed by atoms with E-state index in [0.29, 0.717) is 5.92 Å². The number of benzene rings is 1. The van der Waals surface area contributed by atoms with E-state index in [4.69, 9.17) is 0 Å². The lowest BCUT2D eigenvalue weighted by molar-refractivity contribution is 0.760. The maximum absolute atomic E-state index is 11.9. The van der Waals surface area contributed by atoms with Crippen LogP contribution in [0.1, 0.15) is 36.6 Å². The van der Waals surface area contributed by atoms with Crippen LogP contribution < -0.4 is 5.56 Å². The van der Waals surface area contributed by atoms with Gasteiger partial charge in [-0.3, -0.25) is 9.89 Å². The van der Waals surface area contributed by atoms with Crippen LogP contribution >= 0.6 is 0 Å². The highest BCUT2D eigenvalue weighted by Crippen LogP contribution is 2.14. The van der Waals surface area contributed by atoms with E-state index in [1.807, 2.05) is 26.0 Å². The van der Waals surface area contributed by atoms with Crippen LogP contribution in [0.2, 0.25) is 0 Å². The van der Waals surface area contributed by atoms with Crippen LogP contribution in [0.3, 0.4) is 0 Å². The molecule has 0 fully saturated rings. The number of hydrogen-bond acceptors (Lipinski definition) is 1. The second-order valence-electron chi connectivity index (χ2n) is 4.89. The van der Waals surface area contributed by atoms with Crippen molar-refractivity contribution in [3.8, 4) is 5.69 Å². The zero-order chi connectivity index (χ0) is 12.6. The van der Waals surface area contributed by atoms with Crippen LogP contribution in [0, 0.1) is 13.8 Å². The number of aromatic nitrogens is 2. The molecule has 0 atom stereocenters. The molecule has 3 nitrogen and oxygen atoms in total. The summed E-state index contributed by atoms with van der Waals surface area (Å²) in [4.78, 5) is 11.9. The lowest BCUT2D eigenvalue weighted by Crippen LogP contribution is -2.13. The monoisotopic (exact) mass is 230 g/mol. The van der Waals surface area contributed by atoms with Crippen LogP contribution in [0.25, 0.3) is 5.69 Å². The van der Waals surface area contributed by atoms with Crippen molar-refractivity contribution in [2.75, 3.05) is 0 Å². The fraction of sp³-hybridized carbons (Fsp3) is 0.357. The Morgan fingerprint density at radius 1 is 1.06 bits per heavy atom. The van der Waals surface area contributed by atoms with E-state index in [2.05, 4.69) is 25.0 Å². The highest BCUT2D eigenvalue weighted by atomic mass is 16.1. The number of nitrogens with one attached hydrogen (secondary N) is 1. The van der Waals surface area contributed by atoms with Crippen molar-refractivity contribution >= 4 is 0 Å². The minimum atomic E-state index is -0.00120. The Morgan fingerprint density at radius 2 is 1.65 bits per heavy atom. The molecule has 0 amide bonds. The van der Waals surface area contributed by atoms with E-state index < -0.39 is 0 Å². The van der Waals surface area contributed by atoms with Crippen LogP contribution in [0.15, 0.2) is 29.1 Å². The van der Waals surface area contributed by atoms with Crippen LogP contribution in [0.4, 0.5) is 0 Å². The molecule has 0 aliphatic heterocycles. The molecule has 90 valence electrons. The van der Waals surface area contributed by atoms with E-state index in [-0.39, 0.29) is 5.56 Å². The molecule has 0 saturated carbocycles. The van der Waals surface area contributed by atoms with Gasteiger partial charge in [-0.05, 0) is 43.0 Å². The topological polar surface area (TPSA) is 37.8 Å². The van der Waals surface area contributed by atoms with Gasteiger partial charge in [-0.2, -0.15) is 0 Å². The van der Waals surface area contributed by atoms with Gasteiger partial charge in [0.1, 0.15) is 0 Å². The summed E-state index contributed by atoms with van der Waals surface area (Å²) in [6.07, 6.45) is 0. The smallest absolute Gasteiger partial charge is 0.271 e. The molecule has 1 aromatic heterocycles. The van der Waals surface area contributed by atoms with Gasteiger partial charge in [-0.15, -0.1) is 0 Å². The Hall–Kier alpha value is -1.77. The molecule has 0 aliphatic carbocycles. The molecule has 0 bridgehead atoms. The molecule has 2 rings (SSSR count). The molecular weight excluding hydrogens is 212 g/mol. The number of rotatable bonds is 2. The Balaban J connectivity index is 2.56. The maximum atomic E-state index is 11.9. The Bertz CT molecular complexity index is 570. The van der Waals surface area contributed by atoms with Crippen molar-refractivity contribution < 1.29 is 0 Å². The number of aromatic amines is 1. The third kappa shape index (κ3) is 2.33. The summed E-state index contributed by atoms with van der Waals surface area (Å²) in [5, 5.41) is 3.16. The van der Waals surface area contributed by atoms with Crippen LogP contribution in [-0.4, -0.2) is 9.78 Å². The fourth-order valence-corrected chi connectivity index (χ4v) is 1.98. The summed E-state index contributed by atoms with van der Waals surface area (Å²) in [5.41, 5.74) is 4.19. The van der Waals surface area contributed by atoms with E-state index in [0.717, 1.165) is 22.5 Å². The lowest BCUT2D eigenvalue weighted by atomic mass is 10.1. The molecule has 1 N–H and O–H groups in total. The summed E-state index contributed by atoms with van der Waals surface area (Å²) < 4.78 is 1.61. The van der Waals surface area contributed by atoms with Gasteiger partial charge in [-0.25, -0.2) is 4.68 Å². The SMILES string of the molecule is Cc1cc(C)cc(-n2[nH]c(C(C)C)cc2=O)c1. The molecular formula is C14H18N2O. The molecule has 1 aromatic carbocycles. The Kier molecular flexibility index (Phi) is 2.92. The van der Waals surface area contributed by atoms with Crippen molar-refractivity contribution in [1.82, 2.24) is 9.78 Å². The zero-order valence-corrected chi connectivity index (χ0v) is 10.7. The normalized spacial score (nSPS) is 11.1. The first-order chi connectivity index (χ1) is 7.97. The van der Waals surface area contributed by atoms with E-state index in [1.165, 1.54) is 0 Å². The van der Waals surface area contributed by atoms with Gasteiger partial charge in [0.2, 0.25) is 0 Å². The predicted octanol–water partition coefficient (Wildman–Crippen LogP) is 2.91. The summed E-state index contributed by atoms with van der Waals surface area (Å²) >= 11 is 0. The molecule has 0 unspecified atom stereocenters. The highest BCUT2D eigenvalue weighted by molar-refractivity contribution is 5.39. The molecule has 0 radical (unpaired) electrons. The third-order valence-corrected chi connectivity index (χ3v) is 2.83. The molecule has 3 heteroatoms. The van der Waals surface area contributed by atoms with Crippen molar-refractivity contribution in [2.24, 2.45) is 0 Å². The average Bonchev–Trinajstić information content (AvgIpc) is 2.59. The van der Waals surface area contributed by atoms with Crippen molar-refractivity contribution in [3.05, 3.63) is 51.4 Å². The Labute approximate surface area is 101 Å². The summed E-state index contributed by atoms with van der Waals surface area (Å²) in [6.45, 7) is 8.20. The quantitative estimate of drug-likeness (QED) is 0.846. The van der Waals surface area contributed by atoms with Gasteiger partial charge in [0.05, 0.1) is 5.69 Å². The van der Waals surface area contributed by atoms with Crippen molar-refractivity contribution in [3.63, 3.8) is 0 Å². The molecule has 0 saturated heterocycles. The molecule has 1 heterocycles. The van der Waals surface area contributed by atoms with Gasteiger partial charge in [-0.1, -0.05) is 19.9 Å². The van der Waals surface area contributed by atoms with Gasteiger partial charge in [0.25, 0.3) is 5.56 Å². The van der Waals surface area contributed by atoms with Gasteiger partial charge in [0, 0.05) is 11.8 Å². The van der Waals surface area contributed by atoms with Crippen LogP contribution in [-0.2, 0) is 0 Å². The number of hydrogen-bond donors (Lipinski definition) is 1. The maximum Gasteiger partial charge on any atom is 0.271 e. The first-order valence-corrected chi connectivity index (χ1v) is 5.88. The van der Waals surface area contributed by atoms with Gasteiger partial charge >= 0.3 is 0 Å². The second kappa shape index (κ2) is 4.24. The van der Waals surface area contributed by atoms with E-state index in [9.17, 15) is 4.79 Å². The molecule has 0 aliphatic rings. The number of nitrogens with zero attached hydrogens (tertiary/aromatic N) is 1. The molecule has 2 aromatic rings. The van der Waals surface area contributed by atoms with Crippen LogP contribution in [0.5, 0.6) is 0 Å². The first-order valence-electron chi connectivity index (χ1n) is 5.88. The summed E-state index contributed by atoms with van der Waals surface area (Å²) in [6, 6.07) is 7.78. The number of aryl methyl sites for hydroxylation is 2. The zero-order valence-electron chi connectivity index (χ0n) is 10.7. The number of H-pyrrole nitrogens is 1. The van der Waals surface area contributed by atoms with Gasteiger partial charge in [0.15, 0.2) is 0 Å². The predicted molar refractivity (Wildman–Crippen MR) is 70.0 cm³/mol. The standard InChI is InChI=1S/C14H18N2O/c1-9(2)13-8-14(17)16(15-13)12-6-10(3)5-11(4)7-12/h5-9,15H,1-4H3. The third-order valence-electron chi connectivity index (χ3n) is 2.83. The largest absolute Gasteiger partial charge is 0.295 e. The van der Waals surface area contributed by atoms with Crippen molar-refractivity contribution in [2.45, 2.75) is 33.6 Å². The minimum Gasteiger partial charge on any atom is -0.295 e. The highest BCUT2D eigenvalue weighted by Gasteiger charge is 2.08. The summed E-state index contributed by atoms with van der Waals surface area (Å²) in [5.74, 6) is 0.329. The average molecular weight is 230 g/mol. The lowest BCUT2D eigenvalue weighted by Gasteiger charge is -2.06. The molecule has 17 heavy (non-hydrogen) atoms. The van der Waals surface area contributed by atoms with Gasteiger partial charge < -0.3 is 0 Å². The second-order valence-corrected chi connectivity index (χ2v) is 4.89. The van der Waals surface area contributed by atoms with Crippen molar-refractivity contribution in [1.29, 1.82) is 0 Å². The summed E-state index contributed by atoms with van der Waals surface area (Å²) in [7, 11) is 0. The van der Waals surface area contributed by atoms with E-state index >= 15 is 0 Å². The Morgan fingerprint density at radius 3 is 2.12 bits per heavy atom.